The Morgan fingerprint density at radius 3 is 2.57 bits per heavy atom. The molecule has 14 heavy (non-hydrogen) atoms. The summed E-state index contributed by atoms with van der Waals surface area (Å²) in [6, 6.07) is 10.4. The summed E-state index contributed by atoms with van der Waals surface area (Å²) in [6.07, 6.45) is 1.01. The standard InChI is InChI=1S/C11H14O2S/c1-2-4-10(5-3-1)14-9-6-11-12-7-8-13-11/h1-5,11H,6-9H2. The molecule has 0 aromatic heterocycles. The highest BCUT2D eigenvalue weighted by Gasteiger charge is 2.14. The zero-order valence-electron chi connectivity index (χ0n) is 8.02. The first kappa shape index (κ1) is 10.0. The summed E-state index contributed by atoms with van der Waals surface area (Å²) in [5, 5.41) is 0. The highest BCUT2D eigenvalue weighted by atomic mass is 32.2. The van der Waals surface area contributed by atoms with Crippen LogP contribution in [-0.4, -0.2) is 25.3 Å². The van der Waals surface area contributed by atoms with Crippen LogP contribution in [0, 0.1) is 0 Å². The predicted octanol–water partition coefficient (Wildman–Crippen LogP) is 2.54. The Morgan fingerprint density at radius 1 is 1.14 bits per heavy atom. The van der Waals surface area contributed by atoms with Gasteiger partial charge in [0.05, 0.1) is 13.2 Å². The first-order chi connectivity index (χ1) is 6.95. The summed E-state index contributed by atoms with van der Waals surface area (Å²) in [7, 11) is 0. The molecule has 0 radical (unpaired) electrons. The van der Waals surface area contributed by atoms with Crippen molar-refractivity contribution in [3.05, 3.63) is 30.3 Å². The van der Waals surface area contributed by atoms with Gasteiger partial charge < -0.3 is 9.47 Å². The minimum absolute atomic E-state index is 0.0335. The van der Waals surface area contributed by atoms with Crippen molar-refractivity contribution in [1.29, 1.82) is 0 Å². The lowest BCUT2D eigenvalue weighted by Gasteiger charge is -2.07. The highest BCUT2D eigenvalue weighted by molar-refractivity contribution is 7.99. The van der Waals surface area contributed by atoms with Gasteiger partial charge in [-0.25, -0.2) is 0 Å². The number of benzene rings is 1. The molecule has 1 heterocycles. The Bertz CT molecular complexity index is 257. The maximum Gasteiger partial charge on any atom is 0.158 e. The molecule has 1 aliphatic rings. The average Bonchev–Trinajstić information content (AvgIpc) is 2.72. The molecule has 3 heteroatoms. The van der Waals surface area contributed by atoms with Crippen LogP contribution in [0.15, 0.2) is 35.2 Å². The molecule has 2 rings (SSSR count). The highest BCUT2D eigenvalue weighted by Crippen LogP contribution is 2.20. The molecule has 0 aliphatic carbocycles. The van der Waals surface area contributed by atoms with Crippen LogP contribution in [0.3, 0.4) is 0 Å². The van der Waals surface area contributed by atoms with Gasteiger partial charge in [0.2, 0.25) is 0 Å². The van der Waals surface area contributed by atoms with Crippen molar-refractivity contribution < 1.29 is 9.47 Å². The number of thioether (sulfide) groups is 1. The van der Waals surface area contributed by atoms with Crippen LogP contribution < -0.4 is 0 Å². The lowest BCUT2D eigenvalue weighted by molar-refractivity contribution is -0.0421. The number of hydrogen-bond acceptors (Lipinski definition) is 3. The summed E-state index contributed by atoms with van der Waals surface area (Å²) in [5.74, 6) is 1.05. The number of ether oxygens (including phenoxy) is 2. The second-order valence-electron chi connectivity index (χ2n) is 3.12. The van der Waals surface area contributed by atoms with Crippen molar-refractivity contribution in [2.24, 2.45) is 0 Å². The molecule has 0 spiro atoms. The van der Waals surface area contributed by atoms with Gasteiger partial charge in [-0.05, 0) is 12.1 Å². The fourth-order valence-corrected chi connectivity index (χ4v) is 2.26. The molecule has 0 bridgehead atoms. The largest absolute Gasteiger partial charge is 0.350 e. The van der Waals surface area contributed by atoms with Crippen LogP contribution in [0.5, 0.6) is 0 Å². The number of hydrogen-bond donors (Lipinski definition) is 0. The van der Waals surface area contributed by atoms with E-state index in [9.17, 15) is 0 Å². The van der Waals surface area contributed by atoms with Gasteiger partial charge in [0.25, 0.3) is 0 Å². The second-order valence-corrected chi connectivity index (χ2v) is 4.29. The molecule has 2 nitrogen and oxygen atoms in total. The third-order valence-corrected chi connectivity index (χ3v) is 3.10. The maximum absolute atomic E-state index is 5.36. The van der Waals surface area contributed by atoms with Crippen LogP contribution in [0.1, 0.15) is 6.42 Å². The molecule has 1 aromatic rings. The molecule has 1 aromatic carbocycles. The van der Waals surface area contributed by atoms with E-state index in [-0.39, 0.29) is 6.29 Å². The Labute approximate surface area is 88.6 Å². The first-order valence-electron chi connectivity index (χ1n) is 4.86. The summed E-state index contributed by atoms with van der Waals surface area (Å²) in [4.78, 5) is 1.31. The van der Waals surface area contributed by atoms with Crippen LogP contribution in [-0.2, 0) is 9.47 Å². The third-order valence-electron chi connectivity index (χ3n) is 2.06. The molecule has 0 atom stereocenters. The van der Waals surface area contributed by atoms with E-state index in [1.807, 2.05) is 17.8 Å². The topological polar surface area (TPSA) is 18.5 Å². The van der Waals surface area contributed by atoms with E-state index in [0.717, 1.165) is 25.4 Å². The SMILES string of the molecule is c1ccc(SCCC2OCCO2)cc1. The summed E-state index contributed by atoms with van der Waals surface area (Å²) in [6.45, 7) is 1.50. The van der Waals surface area contributed by atoms with Crippen molar-refractivity contribution in [3.8, 4) is 0 Å². The van der Waals surface area contributed by atoms with Crippen LogP contribution in [0.25, 0.3) is 0 Å². The molecule has 0 unspecified atom stereocenters. The minimum Gasteiger partial charge on any atom is -0.350 e. The molecule has 1 aliphatic heterocycles. The molecule has 0 amide bonds. The predicted molar refractivity (Wildman–Crippen MR) is 57.5 cm³/mol. The van der Waals surface area contributed by atoms with Crippen molar-refractivity contribution in [1.82, 2.24) is 0 Å². The minimum atomic E-state index is 0.0335. The fraction of sp³-hybridized carbons (Fsp3) is 0.455. The van der Waals surface area contributed by atoms with Crippen molar-refractivity contribution in [2.75, 3.05) is 19.0 Å². The molecular formula is C11H14O2S. The van der Waals surface area contributed by atoms with E-state index >= 15 is 0 Å². The first-order valence-corrected chi connectivity index (χ1v) is 5.85. The Morgan fingerprint density at radius 2 is 1.86 bits per heavy atom. The Balaban J connectivity index is 1.67. The molecule has 76 valence electrons. The van der Waals surface area contributed by atoms with Gasteiger partial charge >= 0.3 is 0 Å². The molecule has 1 fully saturated rings. The van der Waals surface area contributed by atoms with Gasteiger partial charge in [-0.1, -0.05) is 18.2 Å². The Kier molecular flexibility index (Phi) is 3.86. The molecule has 0 saturated carbocycles. The third kappa shape index (κ3) is 3.01. The molecular weight excluding hydrogens is 196 g/mol. The zero-order chi connectivity index (χ0) is 9.64. The van der Waals surface area contributed by atoms with Crippen LogP contribution in [0.4, 0.5) is 0 Å². The monoisotopic (exact) mass is 210 g/mol. The van der Waals surface area contributed by atoms with Crippen LogP contribution in [0.2, 0.25) is 0 Å². The van der Waals surface area contributed by atoms with Gasteiger partial charge in [0.1, 0.15) is 0 Å². The lowest BCUT2D eigenvalue weighted by atomic mass is 10.4. The van der Waals surface area contributed by atoms with Gasteiger partial charge in [-0.2, -0.15) is 0 Å². The molecule has 1 saturated heterocycles. The fourth-order valence-electron chi connectivity index (χ4n) is 1.36. The maximum atomic E-state index is 5.36. The smallest absolute Gasteiger partial charge is 0.158 e. The van der Waals surface area contributed by atoms with Gasteiger partial charge in [-0.3, -0.25) is 0 Å². The van der Waals surface area contributed by atoms with Crippen molar-refractivity contribution in [3.63, 3.8) is 0 Å². The average molecular weight is 210 g/mol. The van der Waals surface area contributed by atoms with E-state index in [1.165, 1.54) is 4.90 Å². The van der Waals surface area contributed by atoms with E-state index < -0.39 is 0 Å². The lowest BCUT2D eigenvalue weighted by Crippen LogP contribution is -2.08. The normalized spacial score (nSPS) is 17.4. The van der Waals surface area contributed by atoms with E-state index in [1.54, 1.807) is 0 Å². The Hall–Kier alpha value is -0.510. The zero-order valence-corrected chi connectivity index (χ0v) is 8.83. The second kappa shape index (κ2) is 5.39. The molecule has 0 N–H and O–H groups in total. The van der Waals surface area contributed by atoms with E-state index in [0.29, 0.717) is 0 Å². The van der Waals surface area contributed by atoms with E-state index in [2.05, 4.69) is 24.3 Å². The van der Waals surface area contributed by atoms with Crippen molar-refractivity contribution >= 4 is 11.8 Å². The van der Waals surface area contributed by atoms with Crippen LogP contribution >= 0.6 is 11.8 Å². The van der Waals surface area contributed by atoms with Crippen molar-refractivity contribution in [2.45, 2.75) is 17.6 Å². The summed E-state index contributed by atoms with van der Waals surface area (Å²) < 4.78 is 10.7. The summed E-state index contributed by atoms with van der Waals surface area (Å²) >= 11 is 1.85. The summed E-state index contributed by atoms with van der Waals surface area (Å²) in [5.41, 5.74) is 0. The van der Waals surface area contributed by atoms with Gasteiger partial charge in [-0.15, -0.1) is 11.8 Å². The quantitative estimate of drug-likeness (QED) is 0.711. The van der Waals surface area contributed by atoms with Gasteiger partial charge in [0.15, 0.2) is 6.29 Å². The van der Waals surface area contributed by atoms with Gasteiger partial charge in [0, 0.05) is 17.1 Å². The van der Waals surface area contributed by atoms with E-state index in [4.69, 9.17) is 9.47 Å². The number of rotatable bonds is 4.